The van der Waals surface area contributed by atoms with Gasteiger partial charge in [0.15, 0.2) is 0 Å². The minimum atomic E-state index is -0.546. The van der Waals surface area contributed by atoms with Crippen LogP contribution in [0.5, 0.6) is 0 Å². The molecule has 1 aromatic rings. The highest BCUT2D eigenvalue weighted by atomic mass is 35.5. The van der Waals surface area contributed by atoms with Crippen LogP contribution in [-0.2, 0) is 9.53 Å². The quantitative estimate of drug-likeness (QED) is 0.767. The SMILES string of the molecule is CCC(=O)NC[C@@H]1CCCN(C(=O)Nc2cc(Cl)ccc2C(=O)OC)C1. The van der Waals surface area contributed by atoms with Gasteiger partial charge in [0.1, 0.15) is 0 Å². The molecule has 1 aliphatic heterocycles. The van der Waals surface area contributed by atoms with Gasteiger partial charge in [0.25, 0.3) is 0 Å². The first-order chi connectivity index (χ1) is 12.4. The number of hydrogen-bond acceptors (Lipinski definition) is 4. The molecule has 0 aromatic heterocycles. The molecule has 0 spiro atoms. The third-order valence-electron chi connectivity index (χ3n) is 4.34. The lowest BCUT2D eigenvalue weighted by molar-refractivity contribution is -0.121. The highest BCUT2D eigenvalue weighted by molar-refractivity contribution is 6.31. The largest absolute Gasteiger partial charge is 0.465 e. The van der Waals surface area contributed by atoms with Gasteiger partial charge >= 0.3 is 12.0 Å². The zero-order valence-electron chi connectivity index (χ0n) is 15.0. The number of benzene rings is 1. The van der Waals surface area contributed by atoms with Crippen LogP contribution in [0.4, 0.5) is 10.5 Å². The fourth-order valence-electron chi connectivity index (χ4n) is 2.90. The summed E-state index contributed by atoms with van der Waals surface area (Å²) in [4.78, 5) is 37.6. The van der Waals surface area contributed by atoms with E-state index in [4.69, 9.17) is 16.3 Å². The lowest BCUT2D eigenvalue weighted by Gasteiger charge is -2.33. The average Bonchev–Trinajstić information content (AvgIpc) is 2.65. The predicted molar refractivity (Wildman–Crippen MR) is 99.4 cm³/mol. The summed E-state index contributed by atoms with van der Waals surface area (Å²) in [6.45, 7) is 3.53. The van der Waals surface area contributed by atoms with Crippen molar-refractivity contribution < 1.29 is 19.1 Å². The van der Waals surface area contributed by atoms with Crippen LogP contribution < -0.4 is 10.6 Å². The van der Waals surface area contributed by atoms with Crippen LogP contribution >= 0.6 is 11.6 Å². The molecule has 2 N–H and O–H groups in total. The number of carbonyl (C=O) groups is 3. The van der Waals surface area contributed by atoms with Gasteiger partial charge in [-0.05, 0) is 37.0 Å². The van der Waals surface area contributed by atoms with E-state index in [1.165, 1.54) is 19.2 Å². The Morgan fingerprint density at radius 2 is 2.12 bits per heavy atom. The Morgan fingerprint density at radius 1 is 1.35 bits per heavy atom. The fourth-order valence-corrected chi connectivity index (χ4v) is 3.07. The van der Waals surface area contributed by atoms with E-state index in [1.807, 2.05) is 0 Å². The maximum absolute atomic E-state index is 12.6. The second-order valence-corrected chi connectivity index (χ2v) is 6.66. The molecular formula is C18H24ClN3O4. The van der Waals surface area contributed by atoms with Crippen molar-refractivity contribution in [2.45, 2.75) is 26.2 Å². The summed E-state index contributed by atoms with van der Waals surface area (Å²) >= 11 is 5.98. The summed E-state index contributed by atoms with van der Waals surface area (Å²) in [5.74, 6) is -0.326. The van der Waals surface area contributed by atoms with Crippen molar-refractivity contribution in [2.24, 2.45) is 5.92 Å². The number of hydrogen-bond donors (Lipinski definition) is 2. The Kier molecular flexibility index (Phi) is 7.26. The molecule has 0 bridgehead atoms. The summed E-state index contributed by atoms with van der Waals surface area (Å²) in [5.41, 5.74) is 0.560. The van der Waals surface area contributed by atoms with E-state index < -0.39 is 5.97 Å². The van der Waals surface area contributed by atoms with Crippen molar-refractivity contribution in [3.63, 3.8) is 0 Å². The zero-order valence-corrected chi connectivity index (χ0v) is 15.8. The van der Waals surface area contributed by atoms with Crippen LogP contribution in [0, 0.1) is 5.92 Å². The summed E-state index contributed by atoms with van der Waals surface area (Å²) < 4.78 is 4.74. The van der Waals surface area contributed by atoms with Crippen LogP contribution in [0.15, 0.2) is 18.2 Å². The van der Waals surface area contributed by atoms with Gasteiger partial charge in [0, 0.05) is 31.1 Å². The highest BCUT2D eigenvalue weighted by Crippen LogP contribution is 2.23. The molecule has 142 valence electrons. The molecular weight excluding hydrogens is 358 g/mol. The van der Waals surface area contributed by atoms with Gasteiger partial charge in [-0.3, -0.25) is 4.79 Å². The van der Waals surface area contributed by atoms with Crippen LogP contribution in [0.1, 0.15) is 36.5 Å². The molecule has 1 atom stereocenters. The number of urea groups is 1. The first-order valence-corrected chi connectivity index (χ1v) is 9.02. The molecule has 8 heteroatoms. The van der Waals surface area contributed by atoms with Crippen molar-refractivity contribution in [1.29, 1.82) is 0 Å². The molecule has 0 aliphatic carbocycles. The minimum absolute atomic E-state index is 0.00761. The fraction of sp³-hybridized carbons (Fsp3) is 0.500. The second kappa shape index (κ2) is 9.43. The van der Waals surface area contributed by atoms with Gasteiger partial charge in [0.05, 0.1) is 18.4 Å². The number of nitrogens with zero attached hydrogens (tertiary/aromatic N) is 1. The third kappa shape index (κ3) is 5.36. The molecule has 0 unspecified atom stereocenters. The number of carbonyl (C=O) groups excluding carboxylic acids is 3. The van der Waals surface area contributed by atoms with Crippen LogP contribution in [0.2, 0.25) is 5.02 Å². The van der Waals surface area contributed by atoms with Crippen molar-refractivity contribution >= 4 is 35.2 Å². The molecule has 1 aliphatic rings. The van der Waals surface area contributed by atoms with Crippen molar-refractivity contribution in [3.8, 4) is 0 Å². The summed E-state index contributed by atoms with van der Waals surface area (Å²) in [7, 11) is 1.28. The minimum Gasteiger partial charge on any atom is -0.465 e. The van der Waals surface area contributed by atoms with E-state index in [1.54, 1.807) is 17.9 Å². The Labute approximate surface area is 158 Å². The Hall–Kier alpha value is -2.28. The van der Waals surface area contributed by atoms with Crippen LogP contribution in [-0.4, -0.2) is 49.6 Å². The molecule has 0 saturated carbocycles. The Morgan fingerprint density at radius 3 is 2.81 bits per heavy atom. The van der Waals surface area contributed by atoms with E-state index in [-0.39, 0.29) is 23.4 Å². The molecule has 2 rings (SSSR count). The average molecular weight is 382 g/mol. The van der Waals surface area contributed by atoms with E-state index in [9.17, 15) is 14.4 Å². The Balaban J connectivity index is 2.02. The monoisotopic (exact) mass is 381 g/mol. The number of amides is 3. The molecule has 1 fully saturated rings. The second-order valence-electron chi connectivity index (χ2n) is 6.22. The van der Waals surface area contributed by atoms with Crippen molar-refractivity contribution in [2.75, 3.05) is 32.1 Å². The number of nitrogens with one attached hydrogen (secondary N) is 2. The number of rotatable bonds is 5. The highest BCUT2D eigenvalue weighted by Gasteiger charge is 2.25. The lowest BCUT2D eigenvalue weighted by Crippen LogP contribution is -2.45. The number of ether oxygens (including phenoxy) is 1. The Bertz CT molecular complexity index is 680. The first-order valence-electron chi connectivity index (χ1n) is 8.65. The molecule has 1 aromatic carbocycles. The number of methoxy groups -OCH3 is 1. The molecule has 1 saturated heterocycles. The summed E-state index contributed by atoms with van der Waals surface area (Å²) in [5, 5.41) is 6.03. The molecule has 1 heterocycles. The van der Waals surface area contributed by atoms with E-state index in [0.717, 1.165) is 12.8 Å². The van der Waals surface area contributed by atoms with Gasteiger partial charge in [-0.1, -0.05) is 18.5 Å². The normalized spacial score (nSPS) is 16.7. The van der Waals surface area contributed by atoms with Gasteiger partial charge in [-0.15, -0.1) is 0 Å². The summed E-state index contributed by atoms with van der Waals surface area (Å²) in [6.07, 6.45) is 2.26. The maximum Gasteiger partial charge on any atom is 0.339 e. The smallest absolute Gasteiger partial charge is 0.339 e. The molecule has 7 nitrogen and oxygen atoms in total. The van der Waals surface area contributed by atoms with E-state index in [2.05, 4.69) is 10.6 Å². The number of likely N-dealkylation sites (tertiary alicyclic amines) is 1. The third-order valence-corrected chi connectivity index (χ3v) is 4.58. The maximum atomic E-state index is 12.6. The molecule has 0 radical (unpaired) electrons. The van der Waals surface area contributed by atoms with E-state index in [0.29, 0.717) is 36.8 Å². The van der Waals surface area contributed by atoms with E-state index >= 15 is 0 Å². The lowest BCUT2D eigenvalue weighted by atomic mass is 9.98. The molecule has 3 amide bonds. The number of piperidine rings is 1. The number of anilines is 1. The summed E-state index contributed by atoms with van der Waals surface area (Å²) in [6, 6.07) is 4.30. The van der Waals surface area contributed by atoms with Gasteiger partial charge < -0.3 is 20.3 Å². The first kappa shape index (κ1) is 20.0. The number of esters is 1. The van der Waals surface area contributed by atoms with Crippen molar-refractivity contribution in [1.82, 2.24) is 10.2 Å². The van der Waals surface area contributed by atoms with Gasteiger partial charge in [-0.25, -0.2) is 9.59 Å². The predicted octanol–water partition coefficient (Wildman–Crippen LogP) is 2.90. The van der Waals surface area contributed by atoms with Gasteiger partial charge in [0.2, 0.25) is 5.91 Å². The van der Waals surface area contributed by atoms with Crippen LogP contribution in [0.3, 0.4) is 0 Å². The zero-order chi connectivity index (χ0) is 19.1. The number of halogens is 1. The standard InChI is InChI=1S/C18H24ClN3O4/c1-3-16(23)20-10-12-5-4-8-22(11-12)18(25)21-15-9-13(19)6-7-14(15)17(24)26-2/h6-7,9,12H,3-5,8,10-11H2,1-2H3,(H,20,23)(H,21,25)/t12-/m0/s1. The molecule has 26 heavy (non-hydrogen) atoms. The van der Waals surface area contributed by atoms with Crippen LogP contribution in [0.25, 0.3) is 0 Å². The topological polar surface area (TPSA) is 87.7 Å². The van der Waals surface area contributed by atoms with Gasteiger partial charge in [-0.2, -0.15) is 0 Å². The van der Waals surface area contributed by atoms with Crippen molar-refractivity contribution in [3.05, 3.63) is 28.8 Å².